The van der Waals surface area contributed by atoms with Gasteiger partial charge in [0.05, 0.1) is 0 Å². The zero-order valence-electron chi connectivity index (χ0n) is 22.7. The summed E-state index contributed by atoms with van der Waals surface area (Å²) >= 11 is 0. The third kappa shape index (κ3) is 9.12. The quantitative estimate of drug-likeness (QED) is 0.107. The van der Waals surface area contributed by atoms with Gasteiger partial charge in [-0.25, -0.2) is 0 Å². The summed E-state index contributed by atoms with van der Waals surface area (Å²) in [5.41, 5.74) is 0. The Morgan fingerprint density at radius 3 is 0.488 bits per heavy atom. The van der Waals surface area contributed by atoms with Crippen LogP contribution in [0.25, 0.3) is 0 Å². The van der Waals surface area contributed by atoms with Crippen molar-refractivity contribution in [1.29, 1.82) is 0 Å². The SMILES string of the molecule is C#C.[Ni].c1ccc(P(c2ccccc2)c2ccccc2)cc1.c1ccc(P(c2ccccc2)c2ccccc2)cc1. The number of hydrogen-bond acceptors (Lipinski definition) is 0. The van der Waals surface area contributed by atoms with E-state index < -0.39 is 15.8 Å². The molecule has 0 N–H and O–H groups in total. The maximum atomic E-state index is 4.00. The number of benzene rings is 6. The smallest absolute Gasteiger partial charge is 0 e. The minimum Gasteiger partial charge on any atom is -0.124 e. The minimum absolute atomic E-state index is 0. The molecular formula is C38H32NiP2. The molecule has 0 heterocycles. The van der Waals surface area contributed by atoms with Crippen molar-refractivity contribution in [3.8, 4) is 12.8 Å². The van der Waals surface area contributed by atoms with E-state index in [1.165, 1.54) is 31.8 Å². The van der Waals surface area contributed by atoms with Gasteiger partial charge in [-0.15, -0.1) is 12.8 Å². The number of rotatable bonds is 6. The van der Waals surface area contributed by atoms with Gasteiger partial charge >= 0.3 is 0 Å². The molecule has 0 aliphatic rings. The molecule has 0 saturated heterocycles. The van der Waals surface area contributed by atoms with Crippen LogP contribution in [0.5, 0.6) is 0 Å². The van der Waals surface area contributed by atoms with Crippen molar-refractivity contribution in [3.05, 3.63) is 182 Å². The fraction of sp³-hybridized carbons (Fsp3) is 0. The fourth-order valence-corrected chi connectivity index (χ4v) is 8.97. The molecule has 0 radical (unpaired) electrons. The second-order valence-electron chi connectivity index (χ2n) is 8.68. The van der Waals surface area contributed by atoms with E-state index in [2.05, 4.69) is 195 Å². The Morgan fingerprint density at radius 2 is 0.366 bits per heavy atom. The van der Waals surface area contributed by atoms with Crippen molar-refractivity contribution >= 4 is 47.7 Å². The molecule has 0 unspecified atom stereocenters. The van der Waals surface area contributed by atoms with Crippen LogP contribution in [0.3, 0.4) is 0 Å². The standard InChI is InChI=1S/2C18H15P.C2H2.Ni/c2*1-4-10-16(11-5-1)19(17-12-6-2-7-13-17)18-14-8-3-9-15-18;1-2;/h2*1-15H;1-2H;. The van der Waals surface area contributed by atoms with Crippen LogP contribution >= 0.6 is 15.8 Å². The average molecular weight is 609 g/mol. The normalized spacial score (nSPS) is 9.85. The van der Waals surface area contributed by atoms with Crippen molar-refractivity contribution in [2.75, 3.05) is 0 Å². The van der Waals surface area contributed by atoms with E-state index in [4.69, 9.17) is 0 Å². The monoisotopic (exact) mass is 608 g/mol. The molecule has 0 aromatic heterocycles. The first kappa shape index (κ1) is 31.8. The third-order valence-corrected chi connectivity index (χ3v) is 11.0. The zero-order valence-corrected chi connectivity index (χ0v) is 25.5. The van der Waals surface area contributed by atoms with Crippen LogP contribution in [-0.2, 0) is 16.5 Å². The Morgan fingerprint density at radius 1 is 0.244 bits per heavy atom. The summed E-state index contributed by atoms with van der Waals surface area (Å²) < 4.78 is 0. The third-order valence-electron chi connectivity index (χ3n) is 6.09. The molecule has 0 spiro atoms. The molecule has 0 bridgehead atoms. The molecule has 0 atom stereocenters. The predicted molar refractivity (Wildman–Crippen MR) is 180 cm³/mol. The molecule has 6 aromatic carbocycles. The van der Waals surface area contributed by atoms with Gasteiger partial charge in [-0.1, -0.05) is 182 Å². The van der Waals surface area contributed by atoms with Crippen molar-refractivity contribution in [3.63, 3.8) is 0 Å². The largest absolute Gasteiger partial charge is 0.124 e. The van der Waals surface area contributed by atoms with Gasteiger partial charge in [-0.05, 0) is 47.7 Å². The van der Waals surface area contributed by atoms with Crippen LogP contribution in [0.15, 0.2) is 182 Å². The molecule has 6 aromatic rings. The van der Waals surface area contributed by atoms with Crippen molar-refractivity contribution in [2.24, 2.45) is 0 Å². The van der Waals surface area contributed by atoms with Gasteiger partial charge in [0, 0.05) is 16.5 Å². The summed E-state index contributed by atoms with van der Waals surface area (Å²) in [6.45, 7) is 0. The number of terminal acetylenes is 1. The molecule has 204 valence electrons. The van der Waals surface area contributed by atoms with E-state index >= 15 is 0 Å². The summed E-state index contributed by atoms with van der Waals surface area (Å²) in [5, 5.41) is 8.39. The molecule has 0 aliphatic heterocycles. The van der Waals surface area contributed by atoms with Crippen LogP contribution in [0.4, 0.5) is 0 Å². The predicted octanol–water partition coefficient (Wildman–Crippen LogP) is 7.14. The second-order valence-corrected chi connectivity index (χ2v) is 13.1. The second kappa shape index (κ2) is 17.8. The summed E-state index contributed by atoms with van der Waals surface area (Å²) in [5.74, 6) is 0. The molecule has 0 fully saturated rings. The Balaban J connectivity index is 0.000000208. The van der Waals surface area contributed by atoms with Crippen LogP contribution in [0, 0.1) is 12.8 Å². The van der Waals surface area contributed by atoms with Gasteiger partial charge in [-0.3, -0.25) is 0 Å². The molecule has 0 amide bonds. The van der Waals surface area contributed by atoms with Gasteiger partial charge in [0.25, 0.3) is 0 Å². The first-order valence-electron chi connectivity index (χ1n) is 13.1. The van der Waals surface area contributed by atoms with E-state index in [1.807, 2.05) is 0 Å². The van der Waals surface area contributed by atoms with Crippen LogP contribution in [-0.4, -0.2) is 0 Å². The summed E-state index contributed by atoms with van der Waals surface area (Å²) in [7, 11) is -0.892. The van der Waals surface area contributed by atoms with Crippen molar-refractivity contribution < 1.29 is 16.5 Å². The van der Waals surface area contributed by atoms with E-state index in [0.29, 0.717) is 0 Å². The average Bonchev–Trinajstić information content (AvgIpc) is 3.06. The van der Waals surface area contributed by atoms with Crippen LogP contribution in [0.1, 0.15) is 0 Å². The summed E-state index contributed by atoms with van der Waals surface area (Å²) in [4.78, 5) is 0. The maximum Gasteiger partial charge on any atom is 0 e. The van der Waals surface area contributed by atoms with E-state index in [-0.39, 0.29) is 16.5 Å². The van der Waals surface area contributed by atoms with E-state index in [1.54, 1.807) is 0 Å². The molecule has 0 aliphatic carbocycles. The Bertz CT molecular complexity index is 1220. The van der Waals surface area contributed by atoms with E-state index in [0.717, 1.165) is 0 Å². The summed E-state index contributed by atoms with van der Waals surface area (Å²) in [6, 6.07) is 64.7. The van der Waals surface area contributed by atoms with Crippen LogP contribution in [0.2, 0.25) is 0 Å². The first-order chi connectivity index (χ1) is 19.9. The van der Waals surface area contributed by atoms with Crippen LogP contribution < -0.4 is 31.8 Å². The molecule has 3 heteroatoms. The van der Waals surface area contributed by atoms with E-state index in [9.17, 15) is 0 Å². The fourth-order valence-electron chi connectivity index (χ4n) is 4.36. The van der Waals surface area contributed by atoms with Gasteiger partial charge in [0.2, 0.25) is 0 Å². The topological polar surface area (TPSA) is 0 Å². The number of hydrogen-bond donors (Lipinski definition) is 0. The first-order valence-corrected chi connectivity index (χ1v) is 15.8. The maximum absolute atomic E-state index is 4.00. The van der Waals surface area contributed by atoms with Crippen molar-refractivity contribution in [1.82, 2.24) is 0 Å². The molecule has 0 nitrogen and oxygen atoms in total. The van der Waals surface area contributed by atoms with Gasteiger partial charge in [0.15, 0.2) is 0 Å². The molecular weight excluding hydrogens is 577 g/mol. The van der Waals surface area contributed by atoms with Gasteiger partial charge in [0.1, 0.15) is 0 Å². The molecule has 41 heavy (non-hydrogen) atoms. The molecule has 0 saturated carbocycles. The van der Waals surface area contributed by atoms with Gasteiger partial charge < -0.3 is 0 Å². The van der Waals surface area contributed by atoms with Crippen molar-refractivity contribution in [2.45, 2.75) is 0 Å². The minimum atomic E-state index is -0.446. The summed E-state index contributed by atoms with van der Waals surface area (Å²) in [6.07, 6.45) is 8.00. The zero-order chi connectivity index (χ0) is 27.8. The molecule has 6 rings (SSSR count). The Labute approximate surface area is 258 Å². The Hall–Kier alpha value is -3.77. The van der Waals surface area contributed by atoms with Gasteiger partial charge in [-0.2, -0.15) is 0 Å². The Kier molecular flexibility index (Phi) is 13.8.